The van der Waals surface area contributed by atoms with Crippen molar-refractivity contribution in [1.29, 1.82) is 0 Å². The predicted octanol–water partition coefficient (Wildman–Crippen LogP) is 4.80. The van der Waals surface area contributed by atoms with Crippen molar-refractivity contribution in [1.82, 2.24) is 10.3 Å². The molecule has 1 aromatic heterocycles. The molecule has 1 aromatic carbocycles. The molecule has 0 aliphatic carbocycles. The van der Waals surface area contributed by atoms with Gasteiger partial charge < -0.3 is 5.32 Å². The predicted molar refractivity (Wildman–Crippen MR) is 91.9 cm³/mol. The van der Waals surface area contributed by atoms with Crippen LogP contribution in [0.4, 0.5) is 0 Å². The Morgan fingerprint density at radius 1 is 1.30 bits per heavy atom. The number of nitrogens with one attached hydrogen (secondary N) is 1. The monoisotopic (exact) mass is 308 g/mol. The highest BCUT2D eigenvalue weighted by Crippen LogP contribution is 2.30. The van der Waals surface area contributed by atoms with E-state index in [9.17, 15) is 0 Å². The molecule has 110 valence electrons. The third-order valence-electron chi connectivity index (χ3n) is 3.65. The third-order valence-corrected chi connectivity index (χ3v) is 5.95. The van der Waals surface area contributed by atoms with Gasteiger partial charge in [0.1, 0.15) is 0 Å². The highest BCUT2D eigenvalue weighted by molar-refractivity contribution is 8.01. The first-order valence-corrected chi connectivity index (χ1v) is 9.26. The fourth-order valence-electron chi connectivity index (χ4n) is 2.11. The van der Waals surface area contributed by atoms with Crippen LogP contribution in [0, 0.1) is 5.92 Å². The molecule has 4 heteroatoms. The van der Waals surface area contributed by atoms with E-state index >= 15 is 0 Å². The van der Waals surface area contributed by atoms with Gasteiger partial charge in [-0.3, -0.25) is 0 Å². The number of thioether (sulfide) groups is 1. The van der Waals surface area contributed by atoms with Crippen molar-refractivity contribution in [2.45, 2.75) is 44.0 Å². The summed E-state index contributed by atoms with van der Waals surface area (Å²) in [5.74, 6) is 1.82. The van der Waals surface area contributed by atoms with Gasteiger partial charge in [0.05, 0.1) is 10.2 Å². The Morgan fingerprint density at radius 2 is 2.10 bits per heavy atom. The van der Waals surface area contributed by atoms with Crippen molar-refractivity contribution in [3.63, 3.8) is 0 Å². The standard InChI is InChI=1S/C16H24N2S2/c1-4-10-17-14(12(3)5-2)11-19-16-18-13-8-6-7-9-15(13)20-16/h6-9,12,14,17H,4-5,10-11H2,1-3H3. The highest BCUT2D eigenvalue weighted by atomic mass is 32.2. The molecule has 0 radical (unpaired) electrons. The summed E-state index contributed by atoms with van der Waals surface area (Å²) < 4.78 is 2.48. The second kappa shape index (κ2) is 8.01. The minimum absolute atomic E-state index is 0.581. The third kappa shape index (κ3) is 4.21. The minimum atomic E-state index is 0.581. The summed E-state index contributed by atoms with van der Waals surface area (Å²) in [6, 6.07) is 8.97. The Hall–Kier alpha value is -0.580. The number of thiazole rings is 1. The zero-order valence-electron chi connectivity index (χ0n) is 12.6. The Kier molecular flexibility index (Phi) is 6.33. The largest absolute Gasteiger partial charge is 0.313 e. The van der Waals surface area contributed by atoms with E-state index in [-0.39, 0.29) is 0 Å². The van der Waals surface area contributed by atoms with E-state index in [1.807, 2.05) is 11.8 Å². The van der Waals surface area contributed by atoms with Crippen molar-refractivity contribution in [2.75, 3.05) is 12.3 Å². The van der Waals surface area contributed by atoms with Crippen LogP contribution in [0.2, 0.25) is 0 Å². The topological polar surface area (TPSA) is 24.9 Å². The molecule has 0 fully saturated rings. The van der Waals surface area contributed by atoms with Gasteiger partial charge in [0.25, 0.3) is 0 Å². The van der Waals surface area contributed by atoms with Crippen LogP contribution >= 0.6 is 23.1 Å². The van der Waals surface area contributed by atoms with Crippen LogP contribution in [-0.2, 0) is 0 Å². The van der Waals surface area contributed by atoms with Crippen LogP contribution in [0.1, 0.15) is 33.6 Å². The Labute approximate surface area is 130 Å². The maximum atomic E-state index is 4.70. The molecule has 0 bridgehead atoms. The van der Waals surface area contributed by atoms with Gasteiger partial charge >= 0.3 is 0 Å². The summed E-state index contributed by atoms with van der Waals surface area (Å²) in [6.45, 7) is 7.94. The molecule has 2 atom stereocenters. The Bertz CT molecular complexity index is 491. The molecule has 0 aliphatic rings. The van der Waals surface area contributed by atoms with Crippen molar-refractivity contribution in [3.8, 4) is 0 Å². The Balaban J connectivity index is 1.97. The lowest BCUT2D eigenvalue weighted by molar-refractivity contribution is 0.397. The van der Waals surface area contributed by atoms with Crippen LogP contribution in [-0.4, -0.2) is 23.3 Å². The molecular weight excluding hydrogens is 284 g/mol. The lowest BCUT2D eigenvalue weighted by Gasteiger charge is -2.23. The smallest absolute Gasteiger partial charge is 0.151 e. The fourth-order valence-corrected chi connectivity index (χ4v) is 4.45. The zero-order chi connectivity index (χ0) is 14.4. The maximum Gasteiger partial charge on any atom is 0.151 e. The molecular formula is C16H24N2S2. The van der Waals surface area contributed by atoms with Gasteiger partial charge in [0, 0.05) is 11.8 Å². The number of fused-ring (bicyclic) bond motifs is 1. The van der Waals surface area contributed by atoms with E-state index in [1.54, 1.807) is 11.3 Å². The molecule has 0 aliphatic heterocycles. The lowest BCUT2D eigenvalue weighted by atomic mass is 10.0. The van der Waals surface area contributed by atoms with Gasteiger partial charge in [-0.2, -0.15) is 0 Å². The van der Waals surface area contributed by atoms with E-state index in [4.69, 9.17) is 4.98 Å². The van der Waals surface area contributed by atoms with E-state index in [0.29, 0.717) is 12.0 Å². The van der Waals surface area contributed by atoms with Crippen molar-refractivity contribution >= 4 is 33.3 Å². The molecule has 0 amide bonds. The number of hydrogen-bond acceptors (Lipinski definition) is 4. The van der Waals surface area contributed by atoms with E-state index in [1.165, 1.54) is 21.9 Å². The van der Waals surface area contributed by atoms with Crippen LogP contribution in [0.3, 0.4) is 0 Å². The second-order valence-corrected chi connectivity index (χ2v) is 7.50. The number of aromatic nitrogens is 1. The molecule has 2 nitrogen and oxygen atoms in total. The van der Waals surface area contributed by atoms with E-state index < -0.39 is 0 Å². The fraction of sp³-hybridized carbons (Fsp3) is 0.562. The van der Waals surface area contributed by atoms with E-state index in [0.717, 1.165) is 17.8 Å². The number of rotatable bonds is 8. The summed E-state index contributed by atoms with van der Waals surface area (Å²) >= 11 is 3.70. The number of hydrogen-bond donors (Lipinski definition) is 1. The van der Waals surface area contributed by atoms with Gasteiger partial charge in [0.2, 0.25) is 0 Å². The van der Waals surface area contributed by atoms with Gasteiger partial charge in [-0.15, -0.1) is 11.3 Å². The van der Waals surface area contributed by atoms with Crippen molar-refractivity contribution in [3.05, 3.63) is 24.3 Å². The summed E-state index contributed by atoms with van der Waals surface area (Å²) in [6.07, 6.45) is 2.42. The first-order chi connectivity index (χ1) is 9.74. The van der Waals surface area contributed by atoms with Crippen LogP contribution < -0.4 is 5.32 Å². The molecule has 1 heterocycles. The van der Waals surface area contributed by atoms with Gasteiger partial charge in [0.15, 0.2) is 4.34 Å². The normalized spacial score (nSPS) is 14.6. The quantitative estimate of drug-likeness (QED) is 0.709. The summed E-state index contributed by atoms with van der Waals surface area (Å²) in [7, 11) is 0. The molecule has 2 unspecified atom stereocenters. The minimum Gasteiger partial charge on any atom is -0.313 e. The summed E-state index contributed by atoms with van der Waals surface area (Å²) in [5, 5.41) is 3.68. The van der Waals surface area contributed by atoms with E-state index in [2.05, 4.69) is 50.4 Å². The van der Waals surface area contributed by atoms with Gasteiger partial charge in [-0.25, -0.2) is 4.98 Å². The SMILES string of the molecule is CCCNC(CSc1nc2ccccc2s1)C(C)CC. The summed E-state index contributed by atoms with van der Waals surface area (Å²) in [4.78, 5) is 4.70. The number of para-hydroxylation sites is 1. The number of nitrogens with zero attached hydrogens (tertiary/aromatic N) is 1. The zero-order valence-corrected chi connectivity index (χ0v) is 14.2. The number of benzene rings is 1. The molecule has 20 heavy (non-hydrogen) atoms. The molecule has 1 N–H and O–H groups in total. The lowest BCUT2D eigenvalue weighted by Crippen LogP contribution is -2.37. The second-order valence-electron chi connectivity index (χ2n) is 5.20. The first-order valence-electron chi connectivity index (χ1n) is 7.46. The first kappa shape index (κ1) is 15.8. The molecule has 0 saturated carbocycles. The van der Waals surface area contributed by atoms with Crippen LogP contribution in [0.25, 0.3) is 10.2 Å². The van der Waals surface area contributed by atoms with Crippen LogP contribution in [0.15, 0.2) is 28.6 Å². The molecule has 0 spiro atoms. The molecule has 2 rings (SSSR count). The average Bonchev–Trinajstić information content (AvgIpc) is 2.89. The average molecular weight is 309 g/mol. The van der Waals surface area contributed by atoms with Crippen molar-refractivity contribution in [2.24, 2.45) is 5.92 Å². The summed E-state index contributed by atoms with van der Waals surface area (Å²) in [5.41, 5.74) is 1.13. The molecule has 2 aromatic rings. The Morgan fingerprint density at radius 3 is 2.80 bits per heavy atom. The van der Waals surface area contributed by atoms with Gasteiger partial charge in [-0.1, -0.05) is 51.1 Å². The van der Waals surface area contributed by atoms with Crippen molar-refractivity contribution < 1.29 is 0 Å². The molecule has 0 saturated heterocycles. The van der Waals surface area contributed by atoms with Gasteiger partial charge in [-0.05, 0) is 31.0 Å². The highest BCUT2D eigenvalue weighted by Gasteiger charge is 2.16. The maximum absolute atomic E-state index is 4.70. The van der Waals surface area contributed by atoms with Crippen LogP contribution in [0.5, 0.6) is 0 Å².